The Labute approximate surface area is 146 Å². The molecule has 0 radical (unpaired) electrons. The van der Waals surface area contributed by atoms with Gasteiger partial charge in [0.05, 0.1) is 19.3 Å². The number of carbonyl (C=O) groups excluding carboxylic acids is 1. The summed E-state index contributed by atoms with van der Waals surface area (Å²) < 4.78 is 5.10. The molecule has 134 valence electrons. The predicted octanol–water partition coefficient (Wildman–Crippen LogP) is 1.93. The van der Waals surface area contributed by atoms with Crippen LogP contribution >= 0.6 is 0 Å². The van der Waals surface area contributed by atoms with Crippen molar-refractivity contribution >= 4 is 5.91 Å². The second kappa shape index (κ2) is 7.23. The van der Waals surface area contributed by atoms with Crippen molar-refractivity contribution in [3.63, 3.8) is 0 Å². The highest BCUT2D eigenvalue weighted by Gasteiger charge is 2.36. The summed E-state index contributed by atoms with van der Waals surface area (Å²) in [5.41, 5.74) is 3.16. The molecule has 1 atom stereocenters. The highest BCUT2D eigenvalue weighted by molar-refractivity contribution is 5.94. The Kier molecular flexibility index (Phi) is 5.03. The quantitative estimate of drug-likeness (QED) is 0.743. The molecular weight excluding hydrogens is 320 g/mol. The number of aliphatic hydroxyl groups is 1. The van der Waals surface area contributed by atoms with Crippen molar-refractivity contribution in [2.45, 2.75) is 45.3 Å². The number of pyridine rings is 1. The van der Waals surface area contributed by atoms with Crippen LogP contribution in [0.1, 0.15) is 53.1 Å². The summed E-state index contributed by atoms with van der Waals surface area (Å²) in [6.07, 6.45) is 3.54. The Morgan fingerprint density at radius 2 is 2.24 bits per heavy atom. The molecule has 0 bridgehead atoms. The van der Waals surface area contributed by atoms with Gasteiger partial charge in [-0.1, -0.05) is 13.0 Å². The standard InChI is InChI=1S/C18H24N4O3/c1-4-14-10(2)16(22-21-14)18(24)20-17(12-7-13(23)8-12)11-5-6-15(25-3)19-9-11/h5-6,9,12-13,17,23H,4,7-8H2,1-3H3,(H,20,24)(H,21,22)/t12?,13?,17-/m1/s1. The molecule has 3 N–H and O–H groups in total. The SMILES string of the molecule is CCc1[nH]nc(C(=O)N[C@H](c2ccc(OC)nc2)C2CC(O)C2)c1C. The van der Waals surface area contributed by atoms with Gasteiger partial charge in [0.25, 0.3) is 5.91 Å². The zero-order chi connectivity index (χ0) is 18.0. The largest absolute Gasteiger partial charge is 0.481 e. The van der Waals surface area contributed by atoms with Crippen molar-refractivity contribution in [2.75, 3.05) is 7.11 Å². The number of methoxy groups -OCH3 is 1. The van der Waals surface area contributed by atoms with E-state index in [0.29, 0.717) is 24.4 Å². The number of aromatic amines is 1. The number of hydrogen-bond donors (Lipinski definition) is 3. The third-order valence-electron chi connectivity index (χ3n) is 4.91. The third-order valence-corrected chi connectivity index (χ3v) is 4.91. The van der Waals surface area contributed by atoms with Gasteiger partial charge < -0.3 is 15.2 Å². The zero-order valence-corrected chi connectivity index (χ0v) is 14.7. The number of nitrogens with one attached hydrogen (secondary N) is 2. The van der Waals surface area contributed by atoms with E-state index in [2.05, 4.69) is 20.5 Å². The van der Waals surface area contributed by atoms with Gasteiger partial charge in [0.1, 0.15) is 0 Å². The molecule has 2 aromatic rings. The molecule has 1 amide bonds. The highest BCUT2D eigenvalue weighted by Crippen LogP contribution is 2.38. The van der Waals surface area contributed by atoms with Crippen molar-refractivity contribution in [3.8, 4) is 5.88 Å². The molecule has 1 fully saturated rings. The Hall–Kier alpha value is -2.41. The van der Waals surface area contributed by atoms with Gasteiger partial charge in [-0.3, -0.25) is 9.89 Å². The maximum atomic E-state index is 12.7. The molecular formula is C18H24N4O3. The molecule has 0 aromatic carbocycles. The lowest BCUT2D eigenvalue weighted by molar-refractivity contribution is 0.0234. The summed E-state index contributed by atoms with van der Waals surface area (Å²) in [5, 5.41) is 19.8. The summed E-state index contributed by atoms with van der Waals surface area (Å²) >= 11 is 0. The van der Waals surface area contributed by atoms with Crippen LogP contribution in [0.5, 0.6) is 5.88 Å². The zero-order valence-electron chi connectivity index (χ0n) is 14.7. The third kappa shape index (κ3) is 3.51. The average Bonchev–Trinajstić information content (AvgIpc) is 2.98. The first kappa shape index (κ1) is 17.4. The smallest absolute Gasteiger partial charge is 0.272 e. The molecule has 1 aliphatic carbocycles. The van der Waals surface area contributed by atoms with Crippen LogP contribution in [-0.2, 0) is 6.42 Å². The topological polar surface area (TPSA) is 100 Å². The first-order valence-electron chi connectivity index (χ1n) is 8.56. The summed E-state index contributed by atoms with van der Waals surface area (Å²) in [6.45, 7) is 3.91. The van der Waals surface area contributed by atoms with Gasteiger partial charge in [-0.05, 0) is 37.7 Å². The summed E-state index contributed by atoms with van der Waals surface area (Å²) in [7, 11) is 1.56. The van der Waals surface area contributed by atoms with Crippen molar-refractivity contribution in [2.24, 2.45) is 5.92 Å². The number of nitrogens with zero attached hydrogens (tertiary/aromatic N) is 2. The van der Waals surface area contributed by atoms with E-state index in [-0.39, 0.29) is 24.0 Å². The van der Waals surface area contributed by atoms with E-state index in [1.54, 1.807) is 19.4 Å². The molecule has 0 unspecified atom stereocenters. The molecule has 0 aliphatic heterocycles. The van der Waals surface area contributed by atoms with Crippen LogP contribution in [0.3, 0.4) is 0 Å². The number of ether oxygens (including phenoxy) is 1. The Balaban J connectivity index is 1.81. The van der Waals surface area contributed by atoms with Crippen molar-refractivity contribution in [1.82, 2.24) is 20.5 Å². The summed E-state index contributed by atoms with van der Waals surface area (Å²) in [5.74, 6) is 0.493. The molecule has 2 aromatic heterocycles. The van der Waals surface area contributed by atoms with Gasteiger partial charge in [-0.25, -0.2) is 4.98 Å². The summed E-state index contributed by atoms with van der Waals surface area (Å²) in [6, 6.07) is 3.46. The molecule has 1 saturated carbocycles. The van der Waals surface area contributed by atoms with Crippen molar-refractivity contribution < 1.29 is 14.6 Å². The Bertz CT molecular complexity index is 735. The van der Waals surface area contributed by atoms with E-state index in [1.807, 2.05) is 19.9 Å². The maximum absolute atomic E-state index is 12.7. The number of hydrogen-bond acceptors (Lipinski definition) is 5. The van der Waals surface area contributed by atoms with Gasteiger partial charge in [0, 0.05) is 23.5 Å². The number of carbonyl (C=O) groups is 1. The van der Waals surface area contributed by atoms with E-state index >= 15 is 0 Å². The first-order chi connectivity index (χ1) is 12.0. The second-order valence-corrected chi connectivity index (χ2v) is 6.50. The first-order valence-corrected chi connectivity index (χ1v) is 8.56. The van der Waals surface area contributed by atoms with E-state index in [0.717, 1.165) is 23.2 Å². The van der Waals surface area contributed by atoms with Crippen molar-refractivity contribution in [3.05, 3.63) is 40.8 Å². The van der Waals surface area contributed by atoms with Crippen LogP contribution in [0.4, 0.5) is 0 Å². The van der Waals surface area contributed by atoms with Crippen LogP contribution in [0, 0.1) is 12.8 Å². The predicted molar refractivity (Wildman–Crippen MR) is 92.4 cm³/mol. The molecule has 7 nitrogen and oxygen atoms in total. The monoisotopic (exact) mass is 344 g/mol. The Morgan fingerprint density at radius 3 is 2.76 bits per heavy atom. The van der Waals surface area contributed by atoms with Gasteiger partial charge in [-0.2, -0.15) is 5.10 Å². The number of aryl methyl sites for hydroxylation is 1. The average molecular weight is 344 g/mol. The molecule has 3 rings (SSSR count). The fraction of sp³-hybridized carbons (Fsp3) is 0.500. The van der Waals surface area contributed by atoms with Crippen LogP contribution < -0.4 is 10.1 Å². The van der Waals surface area contributed by atoms with Crippen molar-refractivity contribution in [1.29, 1.82) is 0 Å². The maximum Gasteiger partial charge on any atom is 0.272 e. The normalized spacial score (nSPS) is 20.6. The lowest BCUT2D eigenvalue weighted by atomic mass is 9.75. The highest BCUT2D eigenvalue weighted by atomic mass is 16.5. The molecule has 25 heavy (non-hydrogen) atoms. The molecule has 0 spiro atoms. The minimum absolute atomic E-state index is 0.180. The minimum Gasteiger partial charge on any atom is -0.481 e. The number of rotatable bonds is 6. The second-order valence-electron chi connectivity index (χ2n) is 6.50. The number of aliphatic hydroxyl groups excluding tert-OH is 1. The van der Waals surface area contributed by atoms with Gasteiger partial charge in [0.15, 0.2) is 5.69 Å². The lowest BCUT2D eigenvalue weighted by Crippen LogP contribution is -2.41. The molecule has 7 heteroatoms. The summed E-state index contributed by atoms with van der Waals surface area (Å²) in [4.78, 5) is 17.0. The van der Waals surface area contributed by atoms with Gasteiger partial charge in [-0.15, -0.1) is 0 Å². The number of aromatic nitrogens is 3. The van der Waals surface area contributed by atoms with E-state index in [9.17, 15) is 9.90 Å². The van der Waals surface area contributed by atoms with Crippen LogP contribution in [0.25, 0.3) is 0 Å². The van der Waals surface area contributed by atoms with Crippen LogP contribution in [0.2, 0.25) is 0 Å². The minimum atomic E-state index is -0.297. The lowest BCUT2D eigenvalue weighted by Gasteiger charge is -2.38. The van der Waals surface area contributed by atoms with Crippen LogP contribution in [0.15, 0.2) is 18.3 Å². The fourth-order valence-electron chi connectivity index (χ4n) is 3.28. The molecule has 1 aliphatic rings. The van der Waals surface area contributed by atoms with Gasteiger partial charge in [0.2, 0.25) is 5.88 Å². The fourth-order valence-corrected chi connectivity index (χ4v) is 3.28. The van der Waals surface area contributed by atoms with Gasteiger partial charge >= 0.3 is 0 Å². The van der Waals surface area contributed by atoms with Crippen LogP contribution in [-0.4, -0.2) is 39.4 Å². The number of H-pyrrole nitrogens is 1. The van der Waals surface area contributed by atoms with E-state index in [1.165, 1.54) is 0 Å². The molecule has 0 saturated heterocycles. The van der Waals surface area contributed by atoms with E-state index in [4.69, 9.17) is 4.74 Å². The van der Waals surface area contributed by atoms with E-state index < -0.39 is 0 Å². The molecule has 2 heterocycles. The number of amides is 1. The Morgan fingerprint density at radius 1 is 1.48 bits per heavy atom.